The van der Waals surface area contributed by atoms with Gasteiger partial charge in [0.2, 0.25) is 5.91 Å². The number of fused-ring (bicyclic) bond motifs is 1. The molecule has 0 radical (unpaired) electrons. The minimum Gasteiger partial charge on any atom is -0.375 e. The number of nitrogens with one attached hydrogen (secondary N) is 1. The van der Waals surface area contributed by atoms with Crippen LogP contribution in [0.4, 0.5) is 5.69 Å². The summed E-state index contributed by atoms with van der Waals surface area (Å²) in [5, 5.41) is 3.74. The Morgan fingerprint density at radius 3 is 2.67 bits per heavy atom. The van der Waals surface area contributed by atoms with Crippen molar-refractivity contribution in [3.8, 4) is 10.6 Å². The molecule has 0 fully saturated rings. The molecule has 1 amide bonds. The molecule has 0 aliphatic carbocycles. The summed E-state index contributed by atoms with van der Waals surface area (Å²) in [5.41, 5.74) is 2.80. The van der Waals surface area contributed by atoms with Crippen molar-refractivity contribution >= 4 is 33.1 Å². The molecule has 5 heteroatoms. The molecular formula is C16H14N2O2S. The number of ether oxygens (including phenoxy) is 1. The first-order valence-corrected chi connectivity index (χ1v) is 7.33. The molecule has 1 aromatic heterocycles. The summed E-state index contributed by atoms with van der Waals surface area (Å²) in [6, 6.07) is 15.7. The van der Waals surface area contributed by atoms with Gasteiger partial charge < -0.3 is 10.1 Å². The van der Waals surface area contributed by atoms with Gasteiger partial charge in [-0.2, -0.15) is 0 Å². The Balaban J connectivity index is 1.81. The van der Waals surface area contributed by atoms with E-state index >= 15 is 0 Å². The number of para-hydroxylation sites is 1. The van der Waals surface area contributed by atoms with Crippen molar-refractivity contribution in [2.24, 2.45) is 0 Å². The number of carbonyl (C=O) groups is 1. The van der Waals surface area contributed by atoms with E-state index in [9.17, 15) is 4.79 Å². The summed E-state index contributed by atoms with van der Waals surface area (Å²) in [5.74, 6) is -0.162. The maximum absolute atomic E-state index is 11.4. The molecule has 0 saturated heterocycles. The standard InChI is InChI=1S/C16H14N2O2S/c1-20-10-15(19)17-12-8-6-11(7-9-12)16-18-13-4-2-3-5-14(13)21-16/h2-9H,10H2,1H3,(H,17,19). The number of nitrogens with zero attached hydrogens (tertiary/aromatic N) is 1. The zero-order valence-corrected chi connectivity index (χ0v) is 12.3. The van der Waals surface area contributed by atoms with Crippen LogP contribution in [-0.2, 0) is 9.53 Å². The molecule has 0 aliphatic heterocycles. The Morgan fingerprint density at radius 2 is 1.95 bits per heavy atom. The van der Waals surface area contributed by atoms with Gasteiger partial charge >= 0.3 is 0 Å². The number of benzene rings is 2. The van der Waals surface area contributed by atoms with Crippen LogP contribution >= 0.6 is 11.3 Å². The number of methoxy groups -OCH3 is 1. The van der Waals surface area contributed by atoms with Crippen molar-refractivity contribution < 1.29 is 9.53 Å². The fraction of sp³-hybridized carbons (Fsp3) is 0.125. The third-order valence-electron chi connectivity index (χ3n) is 2.98. The predicted octanol–water partition coefficient (Wildman–Crippen LogP) is 3.55. The molecule has 2 aromatic carbocycles. The number of anilines is 1. The topological polar surface area (TPSA) is 51.2 Å². The minimum atomic E-state index is -0.162. The number of rotatable bonds is 4. The van der Waals surface area contributed by atoms with Crippen LogP contribution in [0.5, 0.6) is 0 Å². The second-order valence-corrected chi connectivity index (χ2v) is 5.58. The van der Waals surface area contributed by atoms with Gasteiger partial charge in [-0.05, 0) is 36.4 Å². The van der Waals surface area contributed by atoms with Crippen molar-refractivity contribution in [3.05, 3.63) is 48.5 Å². The number of hydrogen-bond acceptors (Lipinski definition) is 4. The van der Waals surface area contributed by atoms with Gasteiger partial charge in [0.15, 0.2) is 0 Å². The van der Waals surface area contributed by atoms with Crippen molar-refractivity contribution in [3.63, 3.8) is 0 Å². The zero-order valence-electron chi connectivity index (χ0n) is 11.5. The predicted molar refractivity (Wildman–Crippen MR) is 85.6 cm³/mol. The normalized spacial score (nSPS) is 10.7. The van der Waals surface area contributed by atoms with Crippen LogP contribution in [-0.4, -0.2) is 24.6 Å². The van der Waals surface area contributed by atoms with Crippen LogP contribution in [0.1, 0.15) is 0 Å². The lowest BCUT2D eigenvalue weighted by atomic mass is 10.2. The smallest absolute Gasteiger partial charge is 0.250 e. The van der Waals surface area contributed by atoms with Gasteiger partial charge in [-0.3, -0.25) is 4.79 Å². The molecule has 0 atom stereocenters. The van der Waals surface area contributed by atoms with E-state index in [-0.39, 0.29) is 12.5 Å². The monoisotopic (exact) mass is 298 g/mol. The van der Waals surface area contributed by atoms with E-state index in [0.717, 1.165) is 21.8 Å². The SMILES string of the molecule is COCC(=O)Nc1ccc(-c2nc3ccccc3s2)cc1. The minimum absolute atomic E-state index is 0.0552. The molecule has 0 aliphatic rings. The van der Waals surface area contributed by atoms with Crippen molar-refractivity contribution in [1.82, 2.24) is 4.98 Å². The average molecular weight is 298 g/mol. The van der Waals surface area contributed by atoms with E-state index in [1.165, 1.54) is 11.8 Å². The molecule has 0 unspecified atom stereocenters. The van der Waals surface area contributed by atoms with Crippen molar-refractivity contribution in [2.45, 2.75) is 0 Å². The molecule has 3 rings (SSSR count). The lowest BCUT2D eigenvalue weighted by Gasteiger charge is -2.04. The summed E-state index contributed by atoms with van der Waals surface area (Å²) in [6.07, 6.45) is 0. The van der Waals surface area contributed by atoms with Crippen LogP contribution in [0.25, 0.3) is 20.8 Å². The number of aromatic nitrogens is 1. The highest BCUT2D eigenvalue weighted by atomic mass is 32.1. The highest BCUT2D eigenvalue weighted by molar-refractivity contribution is 7.21. The fourth-order valence-corrected chi connectivity index (χ4v) is 2.99. The molecule has 1 N–H and O–H groups in total. The van der Waals surface area contributed by atoms with Crippen molar-refractivity contribution in [1.29, 1.82) is 0 Å². The van der Waals surface area contributed by atoms with E-state index in [4.69, 9.17) is 4.74 Å². The third kappa shape index (κ3) is 3.09. The Labute approximate surface area is 126 Å². The molecule has 0 bridgehead atoms. The quantitative estimate of drug-likeness (QED) is 0.801. The van der Waals surface area contributed by atoms with Gasteiger partial charge in [-0.25, -0.2) is 4.98 Å². The van der Waals surface area contributed by atoms with Gasteiger partial charge in [-0.15, -0.1) is 11.3 Å². The Kier molecular flexibility index (Phi) is 3.94. The van der Waals surface area contributed by atoms with Crippen LogP contribution in [0.2, 0.25) is 0 Å². The first-order chi connectivity index (χ1) is 10.3. The van der Waals surface area contributed by atoms with E-state index in [1.807, 2.05) is 42.5 Å². The fourth-order valence-electron chi connectivity index (χ4n) is 2.02. The van der Waals surface area contributed by atoms with E-state index < -0.39 is 0 Å². The number of thiazole rings is 1. The number of amides is 1. The highest BCUT2D eigenvalue weighted by Crippen LogP contribution is 2.30. The van der Waals surface area contributed by atoms with Crippen molar-refractivity contribution in [2.75, 3.05) is 19.0 Å². The Bertz CT molecular complexity index is 732. The van der Waals surface area contributed by atoms with Gasteiger partial charge in [0.05, 0.1) is 10.2 Å². The van der Waals surface area contributed by atoms with Gasteiger partial charge in [0.1, 0.15) is 11.6 Å². The molecule has 3 aromatic rings. The van der Waals surface area contributed by atoms with Gasteiger partial charge in [0.25, 0.3) is 0 Å². The molecule has 1 heterocycles. The third-order valence-corrected chi connectivity index (χ3v) is 4.07. The Morgan fingerprint density at radius 1 is 1.19 bits per heavy atom. The molecular weight excluding hydrogens is 284 g/mol. The Hall–Kier alpha value is -2.24. The van der Waals surface area contributed by atoms with E-state index in [0.29, 0.717) is 0 Å². The lowest BCUT2D eigenvalue weighted by Crippen LogP contribution is -2.16. The zero-order chi connectivity index (χ0) is 14.7. The molecule has 21 heavy (non-hydrogen) atoms. The summed E-state index contributed by atoms with van der Waals surface area (Å²) < 4.78 is 5.95. The van der Waals surface area contributed by atoms with Crippen LogP contribution in [0, 0.1) is 0 Å². The second-order valence-electron chi connectivity index (χ2n) is 4.55. The number of hydrogen-bond donors (Lipinski definition) is 1. The van der Waals surface area contributed by atoms with Crippen LogP contribution in [0.3, 0.4) is 0 Å². The summed E-state index contributed by atoms with van der Waals surface area (Å²) in [4.78, 5) is 16.1. The lowest BCUT2D eigenvalue weighted by molar-refractivity contribution is -0.119. The maximum Gasteiger partial charge on any atom is 0.250 e. The molecule has 4 nitrogen and oxygen atoms in total. The number of carbonyl (C=O) groups excluding carboxylic acids is 1. The van der Waals surface area contributed by atoms with Gasteiger partial charge in [-0.1, -0.05) is 12.1 Å². The first kappa shape index (κ1) is 13.7. The summed E-state index contributed by atoms with van der Waals surface area (Å²) in [7, 11) is 1.50. The largest absolute Gasteiger partial charge is 0.375 e. The van der Waals surface area contributed by atoms with E-state index in [1.54, 1.807) is 11.3 Å². The molecule has 106 valence electrons. The van der Waals surface area contributed by atoms with E-state index in [2.05, 4.69) is 16.4 Å². The second kappa shape index (κ2) is 6.03. The highest BCUT2D eigenvalue weighted by Gasteiger charge is 2.06. The average Bonchev–Trinajstić information content (AvgIpc) is 2.92. The van der Waals surface area contributed by atoms with Crippen LogP contribution < -0.4 is 5.32 Å². The summed E-state index contributed by atoms with van der Waals surface area (Å²) >= 11 is 1.66. The summed E-state index contributed by atoms with van der Waals surface area (Å²) in [6.45, 7) is 0.0552. The maximum atomic E-state index is 11.4. The van der Waals surface area contributed by atoms with Gasteiger partial charge in [0, 0.05) is 18.4 Å². The molecule has 0 spiro atoms. The van der Waals surface area contributed by atoms with Crippen LogP contribution in [0.15, 0.2) is 48.5 Å². The first-order valence-electron chi connectivity index (χ1n) is 6.51. The molecule has 0 saturated carbocycles.